The predicted octanol–water partition coefficient (Wildman–Crippen LogP) is 3.36. The number of hydrogen-bond donors (Lipinski definition) is 2. The first-order valence-electron chi connectivity index (χ1n) is 7.10. The van der Waals surface area contributed by atoms with Gasteiger partial charge in [-0.1, -0.05) is 30.4 Å². The molecule has 0 spiro atoms. The average molecular weight is 324 g/mol. The number of hydrogen-bond acceptors (Lipinski definition) is 4. The Balaban J connectivity index is 2.59. The van der Waals surface area contributed by atoms with Crippen LogP contribution in [-0.4, -0.2) is 22.7 Å². The highest BCUT2D eigenvalue weighted by Crippen LogP contribution is 2.16. The summed E-state index contributed by atoms with van der Waals surface area (Å²) in [5.41, 5.74) is 5.71. The molecule has 6 heteroatoms. The Morgan fingerprint density at radius 2 is 2.23 bits per heavy atom. The van der Waals surface area contributed by atoms with E-state index in [-0.39, 0.29) is 11.9 Å². The number of carbonyl (C=O) groups excluding carboxylic acids is 1. The van der Waals surface area contributed by atoms with Crippen LogP contribution in [0.5, 0.6) is 0 Å². The van der Waals surface area contributed by atoms with E-state index in [9.17, 15) is 4.79 Å². The molecule has 1 atom stereocenters. The second kappa shape index (κ2) is 7.90. The predicted molar refractivity (Wildman–Crippen MR) is 88.6 cm³/mol. The maximum absolute atomic E-state index is 11.7. The van der Waals surface area contributed by atoms with Crippen molar-refractivity contribution in [1.82, 2.24) is 10.3 Å². The van der Waals surface area contributed by atoms with Crippen LogP contribution in [0.3, 0.4) is 0 Å². The second-order valence-electron chi connectivity index (χ2n) is 5.85. The van der Waals surface area contributed by atoms with E-state index in [4.69, 9.17) is 22.1 Å². The molecule has 3 N–H and O–H groups in total. The van der Waals surface area contributed by atoms with Crippen molar-refractivity contribution in [3.63, 3.8) is 0 Å². The standard InChI is InChI=1S/C16H22ClN3O2/c1-5-12(20-15(21)22-16(2,3)4)8-6-7-11-9-13(17)14(18)19-10-11/h9-10,12H,5,8H2,1-4H3,(H2,18,19)(H,20,21)/t12-/m1/s1. The molecule has 0 bridgehead atoms. The highest BCUT2D eigenvalue weighted by atomic mass is 35.5. The third-order valence-corrected chi connectivity index (χ3v) is 2.97. The Labute approximate surface area is 136 Å². The maximum atomic E-state index is 11.7. The molecule has 5 nitrogen and oxygen atoms in total. The SMILES string of the molecule is CC[C@H](CC#Cc1cnc(N)c(Cl)c1)NC(=O)OC(C)(C)C. The molecule has 1 aromatic rings. The zero-order valence-corrected chi connectivity index (χ0v) is 14.1. The molecule has 1 aromatic heterocycles. The fourth-order valence-electron chi connectivity index (χ4n) is 1.56. The Morgan fingerprint density at radius 3 is 2.77 bits per heavy atom. The van der Waals surface area contributed by atoms with Crippen molar-refractivity contribution in [3.8, 4) is 11.8 Å². The van der Waals surface area contributed by atoms with E-state index in [1.807, 2.05) is 27.7 Å². The fourth-order valence-corrected chi connectivity index (χ4v) is 1.73. The number of ether oxygens (including phenoxy) is 1. The number of halogens is 1. The first kappa shape index (κ1) is 18.1. The number of pyridine rings is 1. The first-order valence-corrected chi connectivity index (χ1v) is 7.48. The third kappa shape index (κ3) is 6.68. The highest BCUT2D eigenvalue weighted by Gasteiger charge is 2.18. The number of alkyl carbamates (subject to hydrolysis) is 1. The summed E-state index contributed by atoms with van der Waals surface area (Å²) < 4.78 is 5.22. The van der Waals surface area contributed by atoms with Crippen LogP contribution in [-0.2, 0) is 4.74 Å². The summed E-state index contributed by atoms with van der Waals surface area (Å²) in [6, 6.07) is 1.60. The molecule has 0 aliphatic carbocycles. The number of carbonyl (C=O) groups is 1. The van der Waals surface area contributed by atoms with Crippen LogP contribution in [0.2, 0.25) is 5.02 Å². The number of nitrogen functional groups attached to an aromatic ring is 1. The lowest BCUT2D eigenvalue weighted by molar-refractivity contribution is 0.0504. The normalized spacial score (nSPS) is 12.0. The van der Waals surface area contributed by atoms with Gasteiger partial charge in [-0.3, -0.25) is 0 Å². The Kier molecular flexibility index (Phi) is 6.51. The highest BCUT2D eigenvalue weighted by molar-refractivity contribution is 6.32. The Hall–Kier alpha value is -1.93. The Morgan fingerprint density at radius 1 is 1.55 bits per heavy atom. The average Bonchev–Trinajstić information content (AvgIpc) is 2.39. The molecule has 1 amide bonds. The summed E-state index contributed by atoms with van der Waals surface area (Å²) in [5.74, 6) is 6.24. The van der Waals surface area contributed by atoms with Crippen molar-refractivity contribution in [3.05, 3.63) is 22.8 Å². The molecule has 1 heterocycles. The van der Waals surface area contributed by atoms with Crippen LogP contribution in [0.25, 0.3) is 0 Å². The molecule has 120 valence electrons. The van der Waals surface area contributed by atoms with Crippen molar-refractivity contribution >= 4 is 23.5 Å². The second-order valence-corrected chi connectivity index (χ2v) is 6.26. The van der Waals surface area contributed by atoms with E-state index in [1.165, 1.54) is 0 Å². The van der Waals surface area contributed by atoms with Crippen LogP contribution in [0, 0.1) is 11.8 Å². The molecular formula is C16H22ClN3O2. The van der Waals surface area contributed by atoms with E-state index in [0.717, 1.165) is 6.42 Å². The monoisotopic (exact) mass is 323 g/mol. The van der Waals surface area contributed by atoms with Gasteiger partial charge in [-0.2, -0.15) is 0 Å². The molecule has 0 aromatic carbocycles. The van der Waals surface area contributed by atoms with Crippen LogP contribution < -0.4 is 11.1 Å². The van der Waals surface area contributed by atoms with Gasteiger partial charge in [-0.15, -0.1) is 0 Å². The lowest BCUT2D eigenvalue weighted by Gasteiger charge is -2.22. The van der Waals surface area contributed by atoms with Gasteiger partial charge in [-0.05, 0) is 33.3 Å². The van der Waals surface area contributed by atoms with Crippen molar-refractivity contribution < 1.29 is 9.53 Å². The molecular weight excluding hydrogens is 302 g/mol. The van der Waals surface area contributed by atoms with Crippen LogP contribution in [0.1, 0.15) is 46.1 Å². The molecule has 0 unspecified atom stereocenters. The van der Waals surface area contributed by atoms with Crippen LogP contribution >= 0.6 is 11.6 Å². The van der Waals surface area contributed by atoms with Gasteiger partial charge in [0.05, 0.1) is 5.02 Å². The maximum Gasteiger partial charge on any atom is 0.407 e. The smallest absolute Gasteiger partial charge is 0.407 e. The van der Waals surface area contributed by atoms with Gasteiger partial charge in [0.15, 0.2) is 0 Å². The number of rotatable bonds is 3. The lowest BCUT2D eigenvalue weighted by Crippen LogP contribution is -2.38. The fraction of sp³-hybridized carbons (Fsp3) is 0.500. The zero-order chi connectivity index (χ0) is 16.8. The first-order chi connectivity index (χ1) is 10.2. The van der Waals surface area contributed by atoms with Crippen molar-refractivity contribution in [2.75, 3.05) is 5.73 Å². The van der Waals surface area contributed by atoms with Gasteiger partial charge < -0.3 is 15.8 Å². The topological polar surface area (TPSA) is 77.2 Å². The minimum atomic E-state index is -0.513. The van der Waals surface area contributed by atoms with Gasteiger partial charge >= 0.3 is 6.09 Å². The van der Waals surface area contributed by atoms with Crippen molar-refractivity contribution in [2.45, 2.75) is 52.2 Å². The largest absolute Gasteiger partial charge is 0.444 e. The quantitative estimate of drug-likeness (QED) is 0.836. The summed E-state index contributed by atoms with van der Waals surface area (Å²) in [4.78, 5) is 15.7. The molecule has 0 aliphatic rings. The van der Waals surface area contributed by atoms with Gasteiger partial charge in [0.25, 0.3) is 0 Å². The molecule has 0 radical (unpaired) electrons. The summed E-state index contributed by atoms with van der Waals surface area (Å²) in [7, 11) is 0. The van der Waals surface area contributed by atoms with E-state index in [2.05, 4.69) is 22.1 Å². The molecule has 22 heavy (non-hydrogen) atoms. The minimum Gasteiger partial charge on any atom is -0.444 e. The third-order valence-electron chi connectivity index (χ3n) is 2.66. The summed E-state index contributed by atoms with van der Waals surface area (Å²) in [6.45, 7) is 7.45. The molecule has 1 rings (SSSR count). The van der Waals surface area contributed by atoms with E-state index in [1.54, 1.807) is 12.3 Å². The van der Waals surface area contributed by atoms with Gasteiger partial charge in [0.1, 0.15) is 11.4 Å². The number of nitrogens with two attached hydrogens (primary N) is 1. The zero-order valence-electron chi connectivity index (χ0n) is 13.4. The Bertz CT molecular complexity index is 585. The summed E-state index contributed by atoms with van der Waals surface area (Å²) in [5, 5.41) is 3.18. The molecule has 0 aliphatic heterocycles. The summed E-state index contributed by atoms with van der Waals surface area (Å²) in [6.07, 6.45) is 2.40. The van der Waals surface area contributed by atoms with Gasteiger partial charge in [-0.25, -0.2) is 9.78 Å². The number of nitrogens with zero attached hydrogens (tertiary/aromatic N) is 1. The van der Waals surface area contributed by atoms with E-state index < -0.39 is 11.7 Å². The number of anilines is 1. The minimum absolute atomic E-state index is 0.0698. The van der Waals surface area contributed by atoms with Crippen molar-refractivity contribution in [1.29, 1.82) is 0 Å². The summed E-state index contributed by atoms with van der Waals surface area (Å²) >= 11 is 5.88. The lowest BCUT2D eigenvalue weighted by atomic mass is 10.1. The molecule has 0 fully saturated rings. The number of aromatic nitrogens is 1. The van der Waals surface area contributed by atoms with E-state index >= 15 is 0 Å². The number of amides is 1. The van der Waals surface area contributed by atoms with Crippen molar-refractivity contribution in [2.24, 2.45) is 0 Å². The van der Waals surface area contributed by atoms with Gasteiger partial charge in [0, 0.05) is 24.2 Å². The van der Waals surface area contributed by atoms with E-state index in [0.29, 0.717) is 17.0 Å². The van der Waals surface area contributed by atoms with Crippen LogP contribution in [0.4, 0.5) is 10.6 Å². The van der Waals surface area contributed by atoms with Gasteiger partial charge in [0.2, 0.25) is 0 Å². The molecule has 0 saturated carbocycles. The number of nitrogens with one attached hydrogen (secondary N) is 1. The van der Waals surface area contributed by atoms with Crippen LogP contribution in [0.15, 0.2) is 12.3 Å². The molecule has 0 saturated heterocycles.